The van der Waals surface area contributed by atoms with Gasteiger partial charge in [-0.2, -0.15) is 0 Å². The van der Waals surface area contributed by atoms with Gasteiger partial charge in [0.05, 0.1) is 6.10 Å². The summed E-state index contributed by atoms with van der Waals surface area (Å²) >= 11 is 0. The minimum absolute atomic E-state index is 0.119. The molecule has 64 valence electrons. The molecule has 0 aromatic carbocycles. The molecule has 11 heavy (non-hydrogen) atoms. The molecule has 1 N–H and O–H groups in total. The molecule has 3 nitrogen and oxygen atoms in total. The van der Waals surface area contributed by atoms with Gasteiger partial charge in [-0.05, 0) is 26.3 Å². The molecule has 0 bridgehead atoms. The van der Waals surface area contributed by atoms with E-state index in [1.54, 1.807) is 21.0 Å². The second-order valence-electron chi connectivity index (χ2n) is 2.49. The Bertz CT molecular complexity index is 182. The van der Waals surface area contributed by atoms with Crippen LogP contribution >= 0.6 is 0 Å². The first kappa shape index (κ1) is 10.2. The van der Waals surface area contributed by atoms with E-state index >= 15 is 0 Å². The SMILES string of the molecule is COC(C)/C(C)=C(\C)C(=O)O. The van der Waals surface area contributed by atoms with Gasteiger partial charge in [-0.25, -0.2) is 4.79 Å². The van der Waals surface area contributed by atoms with Crippen LogP contribution in [0, 0.1) is 0 Å². The molecule has 0 aliphatic rings. The predicted octanol–water partition coefficient (Wildman–Crippen LogP) is 1.44. The van der Waals surface area contributed by atoms with E-state index < -0.39 is 5.97 Å². The minimum Gasteiger partial charge on any atom is -0.478 e. The van der Waals surface area contributed by atoms with Gasteiger partial charge in [0.25, 0.3) is 0 Å². The second-order valence-corrected chi connectivity index (χ2v) is 2.49. The molecule has 0 aliphatic heterocycles. The summed E-state index contributed by atoms with van der Waals surface area (Å²) in [6.07, 6.45) is -0.119. The molecule has 0 rings (SSSR count). The summed E-state index contributed by atoms with van der Waals surface area (Å²) in [5.41, 5.74) is 1.12. The fourth-order valence-corrected chi connectivity index (χ4v) is 0.650. The molecule has 0 aliphatic carbocycles. The van der Waals surface area contributed by atoms with E-state index in [0.29, 0.717) is 5.57 Å². The second kappa shape index (κ2) is 4.13. The molecule has 0 aromatic heterocycles. The maximum atomic E-state index is 10.4. The van der Waals surface area contributed by atoms with E-state index in [0.717, 1.165) is 5.57 Å². The summed E-state index contributed by atoms with van der Waals surface area (Å²) < 4.78 is 4.96. The van der Waals surface area contributed by atoms with Gasteiger partial charge < -0.3 is 9.84 Å². The van der Waals surface area contributed by atoms with Gasteiger partial charge in [-0.1, -0.05) is 0 Å². The minimum atomic E-state index is -0.883. The smallest absolute Gasteiger partial charge is 0.331 e. The van der Waals surface area contributed by atoms with Crippen molar-refractivity contribution in [1.29, 1.82) is 0 Å². The highest BCUT2D eigenvalue weighted by Crippen LogP contribution is 2.10. The molecule has 0 saturated carbocycles. The molecule has 0 spiro atoms. The summed E-state index contributed by atoms with van der Waals surface area (Å²) in [7, 11) is 1.56. The van der Waals surface area contributed by atoms with Crippen LogP contribution in [0.1, 0.15) is 20.8 Å². The van der Waals surface area contributed by atoms with Crippen molar-refractivity contribution in [3.05, 3.63) is 11.1 Å². The zero-order chi connectivity index (χ0) is 9.02. The predicted molar refractivity (Wildman–Crippen MR) is 42.5 cm³/mol. The highest BCUT2D eigenvalue weighted by molar-refractivity contribution is 5.86. The summed E-state index contributed by atoms with van der Waals surface area (Å²) in [5.74, 6) is -0.883. The zero-order valence-electron chi connectivity index (χ0n) is 7.34. The van der Waals surface area contributed by atoms with Crippen LogP contribution in [0.5, 0.6) is 0 Å². The van der Waals surface area contributed by atoms with E-state index in [1.807, 2.05) is 6.92 Å². The highest BCUT2D eigenvalue weighted by Gasteiger charge is 2.10. The molecule has 0 heterocycles. The average molecular weight is 158 g/mol. The van der Waals surface area contributed by atoms with Crippen LogP contribution in [0.25, 0.3) is 0 Å². The van der Waals surface area contributed by atoms with Gasteiger partial charge in [-0.15, -0.1) is 0 Å². The average Bonchev–Trinajstić information content (AvgIpc) is 2.00. The van der Waals surface area contributed by atoms with Crippen molar-refractivity contribution in [1.82, 2.24) is 0 Å². The first-order valence-corrected chi connectivity index (χ1v) is 3.44. The Kier molecular flexibility index (Phi) is 3.82. The number of carboxylic acids is 1. The van der Waals surface area contributed by atoms with Crippen molar-refractivity contribution in [2.75, 3.05) is 7.11 Å². The molecule has 0 amide bonds. The third-order valence-corrected chi connectivity index (χ3v) is 1.88. The molecule has 3 heteroatoms. The van der Waals surface area contributed by atoms with E-state index in [4.69, 9.17) is 9.84 Å². The zero-order valence-corrected chi connectivity index (χ0v) is 7.34. The Morgan fingerprint density at radius 3 is 2.18 bits per heavy atom. The third-order valence-electron chi connectivity index (χ3n) is 1.88. The number of ether oxygens (including phenoxy) is 1. The lowest BCUT2D eigenvalue weighted by molar-refractivity contribution is -0.132. The molecule has 1 atom stereocenters. The lowest BCUT2D eigenvalue weighted by Gasteiger charge is -2.11. The van der Waals surface area contributed by atoms with Crippen LogP contribution < -0.4 is 0 Å². The van der Waals surface area contributed by atoms with Gasteiger partial charge in [0.15, 0.2) is 0 Å². The molecule has 0 fully saturated rings. The summed E-state index contributed by atoms with van der Waals surface area (Å²) in [6.45, 7) is 5.16. The van der Waals surface area contributed by atoms with Crippen LogP contribution in [0.15, 0.2) is 11.1 Å². The topological polar surface area (TPSA) is 46.5 Å². The number of carboxylic acid groups (broad SMARTS) is 1. The molecule has 0 radical (unpaired) electrons. The standard InChI is InChI=1S/C8H14O3/c1-5(7(3)11-4)6(2)8(9)10/h7H,1-4H3,(H,9,10)/b6-5+. The first-order valence-electron chi connectivity index (χ1n) is 3.44. The van der Waals surface area contributed by atoms with Gasteiger partial charge in [0.2, 0.25) is 0 Å². The normalized spacial score (nSPS) is 15.6. The van der Waals surface area contributed by atoms with Crippen molar-refractivity contribution in [3.63, 3.8) is 0 Å². The number of methoxy groups -OCH3 is 1. The summed E-state index contributed by atoms with van der Waals surface area (Å²) in [5, 5.41) is 8.58. The van der Waals surface area contributed by atoms with Gasteiger partial charge >= 0.3 is 5.97 Å². The van der Waals surface area contributed by atoms with Crippen LogP contribution in [0.4, 0.5) is 0 Å². The van der Waals surface area contributed by atoms with Gasteiger partial charge in [0, 0.05) is 12.7 Å². The van der Waals surface area contributed by atoms with Gasteiger partial charge in [0.1, 0.15) is 0 Å². The van der Waals surface area contributed by atoms with E-state index in [2.05, 4.69) is 0 Å². The fourth-order valence-electron chi connectivity index (χ4n) is 0.650. The number of hydrogen-bond donors (Lipinski definition) is 1. The van der Waals surface area contributed by atoms with Crippen molar-refractivity contribution >= 4 is 5.97 Å². The lowest BCUT2D eigenvalue weighted by atomic mass is 10.1. The molecule has 1 unspecified atom stereocenters. The van der Waals surface area contributed by atoms with Crippen molar-refractivity contribution < 1.29 is 14.6 Å². The molecule has 0 saturated heterocycles. The molecule has 0 aromatic rings. The number of aliphatic carboxylic acids is 1. The first-order chi connectivity index (χ1) is 5.00. The number of rotatable bonds is 3. The Morgan fingerprint density at radius 1 is 1.45 bits per heavy atom. The van der Waals surface area contributed by atoms with Crippen LogP contribution in [0.2, 0.25) is 0 Å². The molecular weight excluding hydrogens is 144 g/mol. The van der Waals surface area contributed by atoms with Crippen molar-refractivity contribution in [2.45, 2.75) is 26.9 Å². The van der Waals surface area contributed by atoms with Gasteiger partial charge in [-0.3, -0.25) is 0 Å². The van der Waals surface area contributed by atoms with Crippen molar-refractivity contribution in [3.8, 4) is 0 Å². The van der Waals surface area contributed by atoms with E-state index in [9.17, 15) is 4.79 Å². The van der Waals surface area contributed by atoms with Crippen LogP contribution in [-0.4, -0.2) is 24.3 Å². The summed E-state index contributed by atoms with van der Waals surface area (Å²) in [6, 6.07) is 0. The Morgan fingerprint density at radius 2 is 1.91 bits per heavy atom. The van der Waals surface area contributed by atoms with Crippen LogP contribution in [0.3, 0.4) is 0 Å². The maximum Gasteiger partial charge on any atom is 0.331 e. The Hall–Kier alpha value is -0.830. The Labute approximate surface area is 66.7 Å². The van der Waals surface area contributed by atoms with Crippen LogP contribution in [-0.2, 0) is 9.53 Å². The lowest BCUT2D eigenvalue weighted by Crippen LogP contribution is -2.11. The number of carbonyl (C=O) groups is 1. The van der Waals surface area contributed by atoms with E-state index in [1.165, 1.54) is 0 Å². The Balaban J connectivity index is 4.51. The molecular formula is C8H14O3. The maximum absolute atomic E-state index is 10.4. The fraction of sp³-hybridized carbons (Fsp3) is 0.625. The third kappa shape index (κ3) is 2.72. The largest absolute Gasteiger partial charge is 0.478 e. The number of hydrogen-bond acceptors (Lipinski definition) is 2. The quantitative estimate of drug-likeness (QED) is 0.632. The highest BCUT2D eigenvalue weighted by atomic mass is 16.5. The van der Waals surface area contributed by atoms with Crippen molar-refractivity contribution in [2.24, 2.45) is 0 Å². The van der Waals surface area contributed by atoms with E-state index in [-0.39, 0.29) is 6.10 Å². The summed E-state index contributed by atoms with van der Waals surface area (Å²) in [4.78, 5) is 10.4. The monoisotopic (exact) mass is 158 g/mol.